The maximum Gasteiger partial charge on any atom is 0.355 e. The molecule has 0 unspecified atom stereocenters. The van der Waals surface area contributed by atoms with Crippen LogP contribution in [-0.2, 0) is 16.1 Å². The highest BCUT2D eigenvalue weighted by atomic mass is 19.1. The number of amides is 1. The topological polar surface area (TPSA) is 79.5 Å². The van der Waals surface area contributed by atoms with Gasteiger partial charge in [-0.15, -0.1) is 0 Å². The Morgan fingerprint density at radius 3 is 2.32 bits per heavy atom. The number of aromatic amines is 1. The van der Waals surface area contributed by atoms with Crippen molar-refractivity contribution in [2.24, 2.45) is 0 Å². The number of ether oxygens (including phenoxy) is 1. The largest absolute Gasteiger partial charge is 0.451 e. The molecule has 166 valence electrons. The summed E-state index contributed by atoms with van der Waals surface area (Å²) in [5.41, 5.74) is 2.62. The molecule has 0 bridgehead atoms. The Morgan fingerprint density at radius 2 is 1.74 bits per heavy atom. The van der Waals surface area contributed by atoms with Gasteiger partial charge in [0.05, 0.1) is 0 Å². The number of benzene rings is 1. The molecule has 0 saturated heterocycles. The van der Waals surface area contributed by atoms with E-state index in [1.54, 1.807) is 30.9 Å². The van der Waals surface area contributed by atoms with E-state index in [9.17, 15) is 18.8 Å². The van der Waals surface area contributed by atoms with Gasteiger partial charge in [0.25, 0.3) is 5.91 Å². The molecule has 1 aromatic carbocycles. The normalized spacial score (nSPS) is 14.3. The summed E-state index contributed by atoms with van der Waals surface area (Å²) in [4.78, 5) is 42.0. The van der Waals surface area contributed by atoms with E-state index < -0.39 is 5.97 Å². The summed E-state index contributed by atoms with van der Waals surface area (Å²) in [7, 11) is 0. The first-order valence-electron chi connectivity index (χ1n) is 10.7. The van der Waals surface area contributed by atoms with Gasteiger partial charge in [0.2, 0.25) is 0 Å². The van der Waals surface area contributed by atoms with Gasteiger partial charge in [-0.1, -0.05) is 31.4 Å². The van der Waals surface area contributed by atoms with Crippen molar-refractivity contribution in [1.29, 1.82) is 0 Å². The van der Waals surface area contributed by atoms with Crippen molar-refractivity contribution in [3.05, 3.63) is 58.2 Å². The van der Waals surface area contributed by atoms with Crippen molar-refractivity contribution in [2.45, 2.75) is 65.5 Å². The minimum absolute atomic E-state index is 0.0730. The smallest absolute Gasteiger partial charge is 0.355 e. The van der Waals surface area contributed by atoms with Gasteiger partial charge in [0.15, 0.2) is 12.4 Å². The third kappa shape index (κ3) is 5.40. The Labute approximate surface area is 181 Å². The molecule has 1 N–H and O–H groups in total. The maximum atomic E-state index is 13.3. The second kappa shape index (κ2) is 9.90. The van der Waals surface area contributed by atoms with E-state index in [1.807, 2.05) is 0 Å². The average molecular weight is 429 g/mol. The van der Waals surface area contributed by atoms with Crippen LogP contribution in [0.1, 0.15) is 76.7 Å². The van der Waals surface area contributed by atoms with Crippen molar-refractivity contribution in [3.8, 4) is 0 Å². The highest BCUT2D eigenvalue weighted by Crippen LogP contribution is 2.25. The van der Waals surface area contributed by atoms with Gasteiger partial charge in [-0.3, -0.25) is 9.59 Å². The van der Waals surface area contributed by atoms with Crippen molar-refractivity contribution in [3.63, 3.8) is 0 Å². The van der Waals surface area contributed by atoms with E-state index in [0.717, 1.165) is 37.7 Å². The second-order valence-electron chi connectivity index (χ2n) is 8.20. The first-order valence-corrected chi connectivity index (χ1v) is 10.7. The Balaban J connectivity index is 1.71. The summed E-state index contributed by atoms with van der Waals surface area (Å²) in [6.07, 6.45) is 5.04. The standard InChI is InChI=1S/C24H29FN2O4/c1-15-22(17(3)28)16(2)26-23(15)24(30)31-14-21(29)27(20-7-5-4-6-8-20)13-18-9-11-19(25)12-10-18/h9-12,20,26H,4-8,13-14H2,1-3H3. The second-order valence-corrected chi connectivity index (χ2v) is 8.20. The molecule has 0 aliphatic heterocycles. The van der Waals surface area contributed by atoms with Crippen LogP contribution in [0.15, 0.2) is 24.3 Å². The lowest BCUT2D eigenvalue weighted by atomic mass is 9.93. The number of esters is 1. The van der Waals surface area contributed by atoms with Gasteiger partial charge in [-0.25, -0.2) is 9.18 Å². The van der Waals surface area contributed by atoms with Gasteiger partial charge < -0.3 is 14.6 Å². The number of nitrogens with zero attached hydrogens (tertiary/aromatic N) is 1. The van der Waals surface area contributed by atoms with Gasteiger partial charge in [0.1, 0.15) is 11.5 Å². The molecule has 6 nitrogen and oxygen atoms in total. The molecule has 1 heterocycles. The van der Waals surface area contributed by atoms with Crippen LogP contribution in [0.2, 0.25) is 0 Å². The SMILES string of the molecule is CC(=O)c1c(C)[nH]c(C(=O)OCC(=O)N(Cc2ccc(F)cc2)C2CCCCC2)c1C. The first-order chi connectivity index (χ1) is 14.8. The van der Waals surface area contributed by atoms with E-state index in [0.29, 0.717) is 23.4 Å². The van der Waals surface area contributed by atoms with E-state index >= 15 is 0 Å². The number of halogens is 1. The van der Waals surface area contributed by atoms with E-state index in [-0.39, 0.29) is 35.9 Å². The number of hydrogen-bond donors (Lipinski definition) is 1. The Bertz CT molecular complexity index is 959. The lowest BCUT2D eigenvalue weighted by Gasteiger charge is -2.34. The zero-order valence-electron chi connectivity index (χ0n) is 18.3. The average Bonchev–Trinajstić information content (AvgIpc) is 3.06. The van der Waals surface area contributed by atoms with E-state index in [2.05, 4.69) is 4.98 Å². The number of H-pyrrole nitrogens is 1. The molecule has 1 aliphatic rings. The van der Waals surface area contributed by atoms with Crippen LogP contribution < -0.4 is 0 Å². The quantitative estimate of drug-likeness (QED) is 0.520. The van der Waals surface area contributed by atoms with Crippen LogP contribution >= 0.6 is 0 Å². The predicted octanol–water partition coefficient (Wildman–Crippen LogP) is 4.49. The molecule has 2 aromatic rings. The molecule has 31 heavy (non-hydrogen) atoms. The Hall–Kier alpha value is -2.96. The van der Waals surface area contributed by atoms with Crippen LogP contribution in [0.3, 0.4) is 0 Å². The fourth-order valence-corrected chi connectivity index (χ4v) is 4.36. The monoisotopic (exact) mass is 428 g/mol. The third-order valence-corrected chi connectivity index (χ3v) is 5.92. The van der Waals surface area contributed by atoms with Gasteiger partial charge in [-0.05, 0) is 56.9 Å². The molecular formula is C24H29FN2O4. The highest BCUT2D eigenvalue weighted by molar-refractivity contribution is 6.01. The molecule has 1 saturated carbocycles. The van der Waals surface area contributed by atoms with Crippen LogP contribution in [0.5, 0.6) is 0 Å². The summed E-state index contributed by atoms with van der Waals surface area (Å²) in [6.45, 7) is 4.81. The lowest BCUT2D eigenvalue weighted by molar-refractivity contribution is -0.138. The van der Waals surface area contributed by atoms with Crippen LogP contribution in [0.25, 0.3) is 0 Å². The van der Waals surface area contributed by atoms with Gasteiger partial charge in [-0.2, -0.15) is 0 Å². The Kier molecular flexibility index (Phi) is 7.25. The minimum Gasteiger partial charge on any atom is -0.451 e. The molecule has 3 rings (SSSR count). The fraction of sp³-hybridized carbons (Fsp3) is 0.458. The molecular weight excluding hydrogens is 399 g/mol. The van der Waals surface area contributed by atoms with Gasteiger partial charge >= 0.3 is 5.97 Å². The third-order valence-electron chi connectivity index (χ3n) is 5.92. The van der Waals surface area contributed by atoms with Crippen LogP contribution in [0, 0.1) is 19.7 Å². The van der Waals surface area contributed by atoms with Crippen LogP contribution in [-0.4, -0.2) is 40.2 Å². The van der Waals surface area contributed by atoms with E-state index in [4.69, 9.17) is 4.74 Å². The highest BCUT2D eigenvalue weighted by Gasteiger charge is 2.27. The molecule has 1 fully saturated rings. The predicted molar refractivity (Wildman–Crippen MR) is 114 cm³/mol. The summed E-state index contributed by atoms with van der Waals surface area (Å²) >= 11 is 0. The number of Topliss-reactive ketones (excluding diaryl/α,β-unsaturated/α-hetero) is 1. The maximum absolute atomic E-state index is 13.3. The molecule has 1 aliphatic carbocycles. The molecule has 7 heteroatoms. The summed E-state index contributed by atoms with van der Waals surface area (Å²) in [5, 5.41) is 0. The first kappa shape index (κ1) is 22.7. The number of nitrogens with one attached hydrogen (secondary N) is 1. The van der Waals surface area contributed by atoms with Crippen molar-refractivity contribution in [1.82, 2.24) is 9.88 Å². The summed E-state index contributed by atoms with van der Waals surface area (Å²) in [6, 6.07) is 6.16. The molecule has 1 aromatic heterocycles. The number of aromatic nitrogens is 1. The summed E-state index contributed by atoms with van der Waals surface area (Å²) in [5.74, 6) is -1.40. The number of carbonyl (C=O) groups excluding carboxylic acids is 3. The molecule has 0 radical (unpaired) electrons. The number of carbonyl (C=O) groups is 3. The van der Waals surface area contributed by atoms with Crippen molar-refractivity contribution < 1.29 is 23.5 Å². The molecule has 0 atom stereocenters. The molecule has 0 spiro atoms. The number of rotatable bonds is 7. The van der Waals surface area contributed by atoms with E-state index in [1.165, 1.54) is 19.1 Å². The van der Waals surface area contributed by atoms with Crippen molar-refractivity contribution in [2.75, 3.05) is 6.61 Å². The number of aryl methyl sites for hydroxylation is 1. The zero-order chi connectivity index (χ0) is 22.5. The summed E-state index contributed by atoms with van der Waals surface area (Å²) < 4.78 is 18.6. The lowest BCUT2D eigenvalue weighted by Crippen LogP contribution is -2.43. The number of ketones is 1. The van der Waals surface area contributed by atoms with Crippen LogP contribution in [0.4, 0.5) is 4.39 Å². The van der Waals surface area contributed by atoms with Crippen molar-refractivity contribution >= 4 is 17.7 Å². The minimum atomic E-state index is -0.660. The number of hydrogen-bond acceptors (Lipinski definition) is 4. The fourth-order valence-electron chi connectivity index (χ4n) is 4.36. The zero-order valence-corrected chi connectivity index (χ0v) is 18.3. The Morgan fingerprint density at radius 1 is 1.10 bits per heavy atom. The molecule has 1 amide bonds. The van der Waals surface area contributed by atoms with Gasteiger partial charge in [0, 0.05) is 23.8 Å².